The van der Waals surface area contributed by atoms with Crippen molar-refractivity contribution in [3.8, 4) is 0 Å². The van der Waals surface area contributed by atoms with Crippen LogP contribution in [-0.2, 0) is 22.7 Å². The lowest BCUT2D eigenvalue weighted by atomic mass is 9.44. The van der Waals surface area contributed by atoms with Gasteiger partial charge in [-0.1, -0.05) is 27.7 Å². The van der Waals surface area contributed by atoms with Gasteiger partial charge in [-0.25, -0.2) is 0 Å². The first kappa shape index (κ1) is 24.9. The number of hydrogen-bond donors (Lipinski definition) is 1. The number of rotatable bonds is 6. The molecule has 0 aromatic carbocycles. The second-order valence-corrected chi connectivity index (χ2v) is 12.0. The van der Waals surface area contributed by atoms with Crippen LogP contribution in [0.3, 0.4) is 0 Å². The molecule has 1 heterocycles. The average molecular weight is 459 g/mol. The normalized spacial score (nSPS) is 42.1. The minimum absolute atomic E-state index is 0. The molecule has 4 fully saturated rings. The van der Waals surface area contributed by atoms with Gasteiger partial charge in [-0.15, -0.1) is 0 Å². The topological polar surface area (TPSA) is 64.3 Å². The van der Waals surface area contributed by atoms with Crippen molar-refractivity contribution < 1.29 is 14.6 Å². The van der Waals surface area contributed by atoms with Gasteiger partial charge in [0.05, 0.1) is 26.0 Å². The zero-order valence-electron chi connectivity index (χ0n) is 20.3. The summed E-state index contributed by atoms with van der Waals surface area (Å²) >= 11 is 0. The second kappa shape index (κ2) is 9.45. The van der Waals surface area contributed by atoms with Crippen LogP contribution in [0.2, 0.25) is 0 Å². The maximum Gasteiger partial charge on any atom is 0.157 e. The summed E-state index contributed by atoms with van der Waals surface area (Å²) in [5, 5.41) is 13.6. The number of methoxy groups -OCH3 is 1. The predicted octanol–water partition coefficient (Wildman–Crippen LogP) is 5.50. The number of carbonyl (C=O) groups excluding carboxylic acids is 1. The Morgan fingerprint density at radius 3 is 2.73 bits per heavy atom. The van der Waals surface area contributed by atoms with Crippen LogP contribution >= 0.6 is 0 Å². The minimum Gasteiger partial charge on any atom is -0.392 e. The summed E-state index contributed by atoms with van der Waals surface area (Å²) in [5.41, 5.74) is 1.29. The number of Topliss-reactive ketones (excluding diaryl/α,β-unsaturated/α-hetero) is 1. The van der Waals surface area contributed by atoms with Crippen LogP contribution in [0, 0.1) is 46.3 Å². The van der Waals surface area contributed by atoms with E-state index in [1.165, 1.54) is 51.4 Å². The maximum absolute atomic E-state index is 13.4. The highest BCUT2D eigenvalue weighted by Crippen LogP contribution is 2.68. The molecule has 0 aliphatic heterocycles. The monoisotopic (exact) mass is 458 g/mol. The van der Waals surface area contributed by atoms with E-state index in [2.05, 4.69) is 18.9 Å². The van der Waals surface area contributed by atoms with Crippen LogP contribution in [0.4, 0.5) is 0 Å². The smallest absolute Gasteiger partial charge is 0.157 e. The fourth-order valence-electron chi connectivity index (χ4n) is 9.19. The zero-order chi connectivity index (χ0) is 22.5. The first-order valence-electron chi connectivity index (χ1n) is 13.0. The number of aliphatic hydroxyl groups excluding tert-OH is 1. The summed E-state index contributed by atoms with van der Waals surface area (Å²) in [6, 6.07) is 0. The molecular formula is C28H46N2O3. The molecule has 0 saturated heterocycles. The van der Waals surface area contributed by atoms with Gasteiger partial charge in [-0.2, -0.15) is 5.10 Å². The Morgan fingerprint density at radius 2 is 2.00 bits per heavy atom. The molecule has 0 radical (unpaired) electrons. The van der Waals surface area contributed by atoms with E-state index in [0.29, 0.717) is 23.7 Å². The summed E-state index contributed by atoms with van der Waals surface area (Å²) in [6.07, 6.45) is 15.0. The van der Waals surface area contributed by atoms with E-state index >= 15 is 0 Å². The number of carbonyl (C=O) groups is 1. The van der Waals surface area contributed by atoms with Crippen molar-refractivity contribution in [1.82, 2.24) is 9.78 Å². The summed E-state index contributed by atoms with van der Waals surface area (Å²) in [6.45, 7) is 6.13. The van der Waals surface area contributed by atoms with Gasteiger partial charge in [0.1, 0.15) is 0 Å². The summed E-state index contributed by atoms with van der Waals surface area (Å²) < 4.78 is 7.64. The first-order chi connectivity index (χ1) is 15.4. The van der Waals surface area contributed by atoms with Gasteiger partial charge < -0.3 is 9.84 Å². The fourth-order valence-corrected chi connectivity index (χ4v) is 9.19. The molecule has 1 aromatic rings. The van der Waals surface area contributed by atoms with Crippen LogP contribution < -0.4 is 0 Å². The van der Waals surface area contributed by atoms with Crippen LogP contribution in [-0.4, -0.2) is 34.4 Å². The second-order valence-electron chi connectivity index (χ2n) is 12.0. The Balaban J connectivity index is 0.00000259. The molecule has 4 aliphatic carbocycles. The molecule has 5 rings (SSSR count). The fraction of sp³-hybridized carbons (Fsp3) is 0.857. The van der Waals surface area contributed by atoms with E-state index in [-0.39, 0.29) is 25.4 Å². The van der Waals surface area contributed by atoms with Crippen LogP contribution in [0.15, 0.2) is 12.4 Å². The van der Waals surface area contributed by atoms with E-state index in [9.17, 15) is 9.90 Å². The van der Waals surface area contributed by atoms with Gasteiger partial charge in [0.2, 0.25) is 0 Å². The molecule has 0 spiro atoms. The van der Waals surface area contributed by atoms with Gasteiger partial charge in [0.25, 0.3) is 0 Å². The molecule has 33 heavy (non-hydrogen) atoms. The van der Waals surface area contributed by atoms with Crippen LogP contribution in [0.25, 0.3) is 0 Å². The number of ether oxygens (including phenoxy) is 1. The number of ketones is 1. The van der Waals surface area contributed by atoms with Crippen molar-refractivity contribution in [2.75, 3.05) is 13.7 Å². The molecule has 8 atom stereocenters. The lowest BCUT2D eigenvalue weighted by molar-refractivity contribution is -0.154. The van der Waals surface area contributed by atoms with Crippen LogP contribution in [0.5, 0.6) is 0 Å². The van der Waals surface area contributed by atoms with Crippen LogP contribution in [0.1, 0.15) is 84.6 Å². The highest BCUT2D eigenvalue weighted by Gasteiger charge is 2.62. The molecule has 7 unspecified atom stereocenters. The lowest BCUT2D eigenvalue weighted by Crippen LogP contribution is -2.56. The molecule has 0 bridgehead atoms. The number of aromatic nitrogens is 2. The molecule has 0 amide bonds. The third-order valence-corrected chi connectivity index (χ3v) is 10.6. The van der Waals surface area contributed by atoms with Crippen molar-refractivity contribution in [3.63, 3.8) is 0 Å². The quantitative estimate of drug-likeness (QED) is 0.611. The Hall–Kier alpha value is -1.20. The van der Waals surface area contributed by atoms with Crippen molar-refractivity contribution in [2.45, 2.75) is 92.2 Å². The summed E-state index contributed by atoms with van der Waals surface area (Å²) in [4.78, 5) is 13.4. The zero-order valence-corrected chi connectivity index (χ0v) is 20.3. The van der Waals surface area contributed by atoms with E-state index < -0.39 is 0 Å². The van der Waals surface area contributed by atoms with Crippen molar-refractivity contribution in [2.24, 2.45) is 46.3 Å². The summed E-state index contributed by atoms with van der Waals surface area (Å²) in [5.74, 6) is 4.39. The highest BCUT2D eigenvalue weighted by molar-refractivity contribution is 5.82. The highest BCUT2D eigenvalue weighted by atomic mass is 16.5. The summed E-state index contributed by atoms with van der Waals surface area (Å²) in [7, 11) is 1.90. The SMILES string of the molecule is C.COCC12CCC(C)CC1CCC1C2CCC2(C)C1CC[C@@H]2C(=O)Cn1cc(CO)cn1. The van der Waals surface area contributed by atoms with E-state index in [4.69, 9.17) is 4.74 Å². The third-order valence-electron chi connectivity index (χ3n) is 10.6. The standard InChI is InChI=1S/C27H42N2O3.CH4/c1-18-8-11-27(17-32-3)20(12-18)4-5-21-22-6-7-24(26(22,2)10-9-23(21)27)25(31)15-29-14-19(16-30)13-28-29;/h13-14,18,20-24,30H,4-12,15-17H2,1-3H3;1H4/t18?,20?,21?,22?,23?,24-,26?,27?;/m1./s1. The Morgan fingerprint density at radius 1 is 1.18 bits per heavy atom. The first-order valence-corrected chi connectivity index (χ1v) is 13.0. The van der Waals surface area contributed by atoms with Gasteiger partial charge in [-0.3, -0.25) is 9.48 Å². The van der Waals surface area contributed by atoms with E-state index in [0.717, 1.165) is 42.3 Å². The Labute approximate surface area is 200 Å². The number of aliphatic hydroxyl groups is 1. The molecule has 4 aliphatic rings. The molecule has 5 heteroatoms. The lowest BCUT2D eigenvalue weighted by Gasteiger charge is -2.61. The average Bonchev–Trinajstić information content (AvgIpc) is 3.37. The van der Waals surface area contributed by atoms with E-state index in [1.807, 2.05) is 13.3 Å². The molecule has 186 valence electrons. The van der Waals surface area contributed by atoms with Gasteiger partial charge >= 0.3 is 0 Å². The molecule has 5 nitrogen and oxygen atoms in total. The number of nitrogens with zero attached hydrogens (tertiary/aromatic N) is 2. The Kier molecular flexibility index (Phi) is 7.13. The molecule has 4 saturated carbocycles. The van der Waals surface area contributed by atoms with Gasteiger partial charge in [0.15, 0.2) is 5.78 Å². The Bertz CT molecular complexity index is 837. The van der Waals surface area contributed by atoms with Crippen molar-refractivity contribution in [3.05, 3.63) is 18.0 Å². The van der Waals surface area contributed by atoms with Gasteiger partial charge in [-0.05, 0) is 91.8 Å². The third kappa shape index (κ3) is 4.01. The van der Waals surface area contributed by atoms with Crippen molar-refractivity contribution in [1.29, 1.82) is 0 Å². The minimum atomic E-state index is -0.0243. The maximum atomic E-state index is 13.4. The molecule has 1 N–H and O–H groups in total. The molecular weight excluding hydrogens is 412 g/mol. The predicted molar refractivity (Wildman–Crippen MR) is 130 cm³/mol. The number of hydrogen-bond acceptors (Lipinski definition) is 4. The largest absolute Gasteiger partial charge is 0.392 e. The molecule has 1 aromatic heterocycles. The van der Waals surface area contributed by atoms with E-state index in [1.54, 1.807) is 10.9 Å². The number of fused-ring (bicyclic) bond motifs is 5. The van der Waals surface area contributed by atoms with Crippen molar-refractivity contribution >= 4 is 5.78 Å². The van der Waals surface area contributed by atoms with Gasteiger partial charge in [0, 0.05) is 24.8 Å².